The van der Waals surface area contributed by atoms with Crippen LogP contribution in [0, 0.1) is 11.7 Å². The molecule has 0 fully saturated rings. The summed E-state index contributed by atoms with van der Waals surface area (Å²) < 4.78 is 26.7. The first-order valence-electron chi connectivity index (χ1n) is 14.2. The molecule has 3 aromatic carbocycles. The Hall–Kier alpha value is -3.47. The minimum atomic E-state index is -1.20. The van der Waals surface area contributed by atoms with Gasteiger partial charge in [-0.25, -0.2) is 9.18 Å². The summed E-state index contributed by atoms with van der Waals surface area (Å²) in [6.07, 6.45) is -2.76. The SMILES string of the molecule is CC(C)(C)OC(=O)NC(Cc1ccc(Br)cc1)C(O)CC(Cc1ccccc1F)C(=O)NC1c2ccccc2OCC1O. The molecular weight excluding hydrogens is 619 g/mol. The molecule has 1 aliphatic heterocycles. The highest BCUT2D eigenvalue weighted by atomic mass is 79.9. The van der Waals surface area contributed by atoms with Crippen LogP contribution in [0.25, 0.3) is 0 Å². The van der Waals surface area contributed by atoms with E-state index in [1.54, 1.807) is 63.2 Å². The first-order valence-corrected chi connectivity index (χ1v) is 15.0. The van der Waals surface area contributed by atoms with Crippen molar-refractivity contribution in [2.75, 3.05) is 6.61 Å². The largest absolute Gasteiger partial charge is 0.490 e. The van der Waals surface area contributed by atoms with Gasteiger partial charge < -0.3 is 30.3 Å². The minimum Gasteiger partial charge on any atom is -0.490 e. The van der Waals surface area contributed by atoms with Crippen molar-refractivity contribution in [1.82, 2.24) is 10.6 Å². The number of hydrogen-bond acceptors (Lipinski definition) is 6. The van der Waals surface area contributed by atoms with E-state index in [1.165, 1.54) is 6.07 Å². The molecule has 1 aliphatic rings. The summed E-state index contributed by atoms with van der Waals surface area (Å²) in [6.45, 7) is 5.22. The van der Waals surface area contributed by atoms with Crippen molar-refractivity contribution < 1.29 is 33.7 Å². The molecule has 5 atom stereocenters. The van der Waals surface area contributed by atoms with E-state index in [2.05, 4.69) is 26.6 Å². The standard InChI is InChI=1S/C33H38BrFN2O6/c1-33(2,3)43-32(41)36-26(16-20-12-14-23(34)15-13-20)27(38)18-22(17-21-8-4-6-10-25(21)35)31(40)37-30-24-9-5-7-11-29(24)42-19-28(30)39/h4-15,22,26-28,30,38-39H,16-19H2,1-3H3,(H,36,41)(H,37,40). The number of aliphatic hydroxyl groups is 2. The van der Waals surface area contributed by atoms with Gasteiger partial charge in [-0.05, 0) is 75.4 Å². The smallest absolute Gasteiger partial charge is 0.407 e. The molecule has 5 unspecified atom stereocenters. The number of fused-ring (bicyclic) bond motifs is 1. The van der Waals surface area contributed by atoms with Crippen LogP contribution in [-0.2, 0) is 22.4 Å². The zero-order valence-corrected chi connectivity index (χ0v) is 26.0. The Balaban J connectivity index is 1.59. The number of amides is 2. The van der Waals surface area contributed by atoms with E-state index in [0.717, 1.165) is 10.0 Å². The monoisotopic (exact) mass is 656 g/mol. The second-order valence-corrected chi connectivity index (χ2v) is 12.7. The Labute approximate surface area is 259 Å². The topological polar surface area (TPSA) is 117 Å². The molecule has 230 valence electrons. The molecule has 4 rings (SSSR count). The zero-order valence-electron chi connectivity index (χ0n) is 24.4. The van der Waals surface area contributed by atoms with Crippen LogP contribution in [0.4, 0.5) is 9.18 Å². The van der Waals surface area contributed by atoms with Gasteiger partial charge in [-0.1, -0.05) is 64.5 Å². The zero-order chi connectivity index (χ0) is 31.1. The first kappa shape index (κ1) is 32.4. The molecule has 2 amide bonds. The molecule has 0 saturated heterocycles. The number of rotatable bonds is 10. The number of halogens is 2. The Kier molecular flexibility index (Phi) is 10.8. The predicted molar refractivity (Wildman–Crippen MR) is 164 cm³/mol. The molecule has 0 aromatic heterocycles. The molecule has 3 aromatic rings. The van der Waals surface area contributed by atoms with Crippen molar-refractivity contribution in [2.24, 2.45) is 5.92 Å². The highest BCUT2D eigenvalue weighted by Gasteiger charge is 2.35. The maximum atomic E-state index is 14.7. The molecule has 10 heteroatoms. The normalized spacial score (nSPS) is 18.4. The number of alkyl carbamates (subject to hydrolysis) is 1. The van der Waals surface area contributed by atoms with E-state index in [4.69, 9.17) is 9.47 Å². The van der Waals surface area contributed by atoms with Crippen molar-refractivity contribution in [1.29, 1.82) is 0 Å². The Bertz CT molecular complexity index is 1400. The summed E-state index contributed by atoms with van der Waals surface area (Å²) in [5.74, 6) is -1.28. The molecule has 0 aliphatic carbocycles. The Morgan fingerprint density at radius 1 is 1.05 bits per heavy atom. The third-order valence-electron chi connectivity index (χ3n) is 7.20. The van der Waals surface area contributed by atoms with E-state index in [-0.39, 0.29) is 25.9 Å². The second kappa shape index (κ2) is 14.3. The lowest BCUT2D eigenvalue weighted by Crippen LogP contribution is -2.49. The number of aliphatic hydroxyl groups excluding tert-OH is 2. The highest BCUT2D eigenvalue weighted by molar-refractivity contribution is 9.10. The van der Waals surface area contributed by atoms with Crippen LogP contribution in [0.5, 0.6) is 5.75 Å². The fourth-order valence-electron chi connectivity index (χ4n) is 5.08. The second-order valence-electron chi connectivity index (χ2n) is 11.8. The van der Waals surface area contributed by atoms with Crippen LogP contribution in [0.15, 0.2) is 77.3 Å². The predicted octanol–water partition coefficient (Wildman–Crippen LogP) is 5.24. The van der Waals surface area contributed by atoms with Gasteiger partial charge in [0.25, 0.3) is 0 Å². The maximum absolute atomic E-state index is 14.7. The molecule has 0 spiro atoms. The lowest BCUT2D eigenvalue weighted by Gasteiger charge is -2.33. The Morgan fingerprint density at radius 3 is 2.42 bits per heavy atom. The van der Waals surface area contributed by atoms with Gasteiger partial charge in [0.15, 0.2) is 0 Å². The van der Waals surface area contributed by atoms with Crippen molar-refractivity contribution in [3.63, 3.8) is 0 Å². The molecule has 0 radical (unpaired) electrons. The van der Waals surface area contributed by atoms with E-state index < -0.39 is 53.6 Å². The lowest BCUT2D eigenvalue weighted by atomic mass is 9.87. The molecular formula is C33H38BrFN2O6. The van der Waals surface area contributed by atoms with E-state index in [0.29, 0.717) is 16.9 Å². The van der Waals surface area contributed by atoms with Crippen LogP contribution < -0.4 is 15.4 Å². The average Bonchev–Trinajstić information content (AvgIpc) is 2.95. The van der Waals surface area contributed by atoms with Crippen LogP contribution in [0.3, 0.4) is 0 Å². The molecule has 0 saturated carbocycles. The molecule has 1 heterocycles. The molecule has 43 heavy (non-hydrogen) atoms. The van der Waals surface area contributed by atoms with E-state index >= 15 is 0 Å². The fraction of sp³-hybridized carbons (Fsp3) is 0.394. The van der Waals surface area contributed by atoms with Gasteiger partial charge in [-0.15, -0.1) is 0 Å². The number of para-hydroxylation sites is 1. The van der Waals surface area contributed by atoms with Crippen molar-refractivity contribution in [2.45, 2.75) is 69.9 Å². The maximum Gasteiger partial charge on any atom is 0.407 e. The van der Waals surface area contributed by atoms with Gasteiger partial charge in [-0.3, -0.25) is 4.79 Å². The van der Waals surface area contributed by atoms with Crippen LogP contribution >= 0.6 is 15.9 Å². The summed E-state index contributed by atoms with van der Waals surface area (Å²) in [4.78, 5) is 26.6. The first-order chi connectivity index (χ1) is 20.4. The number of ether oxygens (including phenoxy) is 2. The minimum absolute atomic E-state index is 0.00234. The summed E-state index contributed by atoms with van der Waals surface area (Å²) in [7, 11) is 0. The van der Waals surface area contributed by atoms with Gasteiger partial charge in [-0.2, -0.15) is 0 Å². The number of carbonyl (C=O) groups excluding carboxylic acids is 2. The average molecular weight is 658 g/mol. The molecule has 8 nitrogen and oxygen atoms in total. The van der Waals surface area contributed by atoms with Gasteiger partial charge >= 0.3 is 6.09 Å². The van der Waals surface area contributed by atoms with Crippen LogP contribution in [0.2, 0.25) is 0 Å². The summed E-state index contributed by atoms with van der Waals surface area (Å²) >= 11 is 3.42. The van der Waals surface area contributed by atoms with Crippen molar-refractivity contribution in [3.05, 3.63) is 99.8 Å². The Morgan fingerprint density at radius 2 is 1.72 bits per heavy atom. The number of hydrogen-bond donors (Lipinski definition) is 4. The van der Waals surface area contributed by atoms with E-state index in [1.807, 2.05) is 24.3 Å². The van der Waals surface area contributed by atoms with Gasteiger partial charge in [0.1, 0.15) is 29.9 Å². The van der Waals surface area contributed by atoms with Crippen molar-refractivity contribution >= 4 is 27.9 Å². The van der Waals surface area contributed by atoms with Gasteiger partial charge in [0.2, 0.25) is 5.91 Å². The third kappa shape index (κ3) is 9.26. The van der Waals surface area contributed by atoms with Gasteiger partial charge in [0, 0.05) is 16.0 Å². The fourth-order valence-corrected chi connectivity index (χ4v) is 5.34. The quantitative estimate of drug-likeness (QED) is 0.237. The lowest BCUT2D eigenvalue weighted by molar-refractivity contribution is -0.128. The molecule has 4 N–H and O–H groups in total. The van der Waals surface area contributed by atoms with Gasteiger partial charge in [0.05, 0.1) is 18.2 Å². The summed E-state index contributed by atoms with van der Waals surface area (Å²) in [5, 5.41) is 27.9. The summed E-state index contributed by atoms with van der Waals surface area (Å²) in [5.41, 5.74) is 1.03. The third-order valence-corrected chi connectivity index (χ3v) is 7.73. The number of nitrogens with one attached hydrogen (secondary N) is 2. The van der Waals surface area contributed by atoms with Crippen LogP contribution in [-0.4, -0.2) is 52.7 Å². The van der Waals surface area contributed by atoms with Crippen LogP contribution in [0.1, 0.15) is 49.9 Å². The number of benzene rings is 3. The van der Waals surface area contributed by atoms with Crippen molar-refractivity contribution in [3.8, 4) is 5.75 Å². The highest BCUT2D eigenvalue weighted by Crippen LogP contribution is 2.32. The molecule has 0 bridgehead atoms. The number of carbonyl (C=O) groups is 2. The van der Waals surface area contributed by atoms with E-state index in [9.17, 15) is 24.2 Å². The summed E-state index contributed by atoms with van der Waals surface area (Å²) in [6, 6.07) is 19.2.